The molecule has 0 aliphatic carbocycles. The normalized spacial score (nSPS) is 19.7. The molecule has 0 spiro atoms. The van der Waals surface area contributed by atoms with E-state index < -0.39 is 0 Å². The van der Waals surface area contributed by atoms with E-state index in [1.807, 2.05) is 0 Å². The molecule has 13 heteroatoms. The first kappa shape index (κ1) is 21.8. The molecule has 90 valence electrons. The van der Waals surface area contributed by atoms with Crippen molar-refractivity contribution in [2.75, 3.05) is 0 Å². The van der Waals surface area contributed by atoms with E-state index in [2.05, 4.69) is 0 Å². The van der Waals surface area contributed by atoms with Gasteiger partial charge in [-0.05, 0) is 53.7 Å². The standard InChI is InChI=1S/CH4.H14OSi6.H14Si6/c;2-6(3)1-7(4)5;1-5(2)6(3)4/h1H4;6-7H,2-5H3;5-6H,1-4H3. The molecule has 0 aromatic heterocycles. The molecule has 0 aliphatic heterocycles. The Morgan fingerprint density at radius 2 is 0.786 bits per heavy atom. The minimum Gasteiger partial charge on any atom is -0.473 e. The smallest absolute Gasteiger partial charge is 0.117 e. The zero-order valence-corrected chi connectivity index (χ0v) is 31.3. The largest absolute Gasteiger partial charge is 0.473 e. The highest BCUT2D eigenvalue weighted by Crippen LogP contribution is 1.71. The Morgan fingerprint density at radius 1 is 0.571 bits per heavy atom. The SMILES string of the molecule is C.[SiH3][SiH]([SiH3])O[SiH]([SiH3])[SiH3].[SiH3][SiH]([SiH3])[SiH]([SiH3])[SiH3]. The van der Waals surface area contributed by atoms with Gasteiger partial charge in [0.05, 0.1) is 0 Å². The molecule has 0 aromatic carbocycles. The average molecular weight is 397 g/mol. The second-order valence-corrected chi connectivity index (χ2v) is 108. The van der Waals surface area contributed by atoms with Gasteiger partial charge >= 0.3 is 0 Å². The van der Waals surface area contributed by atoms with Gasteiger partial charge in [0.15, 0.2) is 0 Å². The molecule has 0 amide bonds. The molecular formula is CH32OSi12. The van der Waals surface area contributed by atoms with Gasteiger partial charge in [-0.2, -0.15) is 0 Å². The fraction of sp³-hybridized carbons (Fsp3) is 1.00. The summed E-state index contributed by atoms with van der Waals surface area (Å²) in [6, 6.07) is 0. The molecule has 1 nitrogen and oxygen atoms in total. The van der Waals surface area contributed by atoms with Crippen LogP contribution in [0.15, 0.2) is 0 Å². The summed E-state index contributed by atoms with van der Waals surface area (Å²) >= 11 is 0. The maximum atomic E-state index is 5.77. The molecule has 0 heterocycles. The van der Waals surface area contributed by atoms with Gasteiger partial charge in [-0.15, -0.1) is 0 Å². The summed E-state index contributed by atoms with van der Waals surface area (Å²) in [5, 5.41) is 0. The van der Waals surface area contributed by atoms with Gasteiger partial charge in [-0.1, -0.05) is 7.43 Å². The van der Waals surface area contributed by atoms with Crippen LogP contribution < -0.4 is 0 Å². The number of hydrogen-bond donors (Lipinski definition) is 0. The van der Waals surface area contributed by atoms with Gasteiger partial charge in [0, 0.05) is 39.0 Å². The Balaban J connectivity index is -0.000000163. The van der Waals surface area contributed by atoms with E-state index in [1.165, 1.54) is 39.0 Å². The van der Waals surface area contributed by atoms with Crippen LogP contribution in [0.2, 0.25) is 0 Å². The first-order valence-electron chi connectivity index (χ1n) is 5.42. The Kier molecular flexibility index (Phi) is 21.2. The van der Waals surface area contributed by atoms with E-state index in [0.29, 0.717) is 14.7 Å². The Morgan fingerprint density at radius 3 is 0.786 bits per heavy atom. The second kappa shape index (κ2) is 13.6. The molecule has 0 saturated carbocycles. The van der Waals surface area contributed by atoms with Crippen molar-refractivity contribution in [3.05, 3.63) is 0 Å². The topological polar surface area (TPSA) is 9.23 Å². The zero-order chi connectivity index (χ0) is 11.0. The van der Waals surface area contributed by atoms with Gasteiger partial charge in [0.25, 0.3) is 0 Å². The summed E-state index contributed by atoms with van der Waals surface area (Å²) in [5.41, 5.74) is 0. The molecule has 0 rings (SSSR count). The van der Waals surface area contributed by atoms with Gasteiger partial charge in [0.2, 0.25) is 0 Å². The van der Waals surface area contributed by atoms with Gasteiger partial charge in [-0.25, -0.2) is 0 Å². The Labute approximate surface area is 119 Å². The highest BCUT2D eigenvalue weighted by atomic mass is 30.1. The molecule has 0 unspecified atom stereocenters. The van der Waals surface area contributed by atoms with Gasteiger partial charge in [0.1, 0.15) is 16.2 Å². The van der Waals surface area contributed by atoms with E-state index in [0.717, 1.165) is 0 Å². The summed E-state index contributed by atoms with van der Waals surface area (Å²) in [4.78, 5) is 0. The monoisotopic (exact) mass is 396 g/mol. The average Bonchev–Trinajstić information content (AvgIpc) is 1.84. The predicted octanol–water partition coefficient (Wildman–Crippen LogP) is -11.5. The van der Waals surface area contributed by atoms with Crippen molar-refractivity contribution in [3.63, 3.8) is 0 Å². The van der Waals surface area contributed by atoms with Crippen LogP contribution >= 0.6 is 0 Å². The van der Waals surface area contributed by atoms with Gasteiger partial charge in [-0.3, -0.25) is 0 Å². The summed E-state index contributed by atoms with van der Waals surface area (Å²) in [7, 11) is 12.4. The minimum atomic E-state index is -0.319. The van der Waals surface area contributed by atoms with Crippen molar-refractivity contribution in [1.29, 1.82) is 0 Å². The lowest BCUT2D eigenvalue weighted by molar-refractivity contribution is 0.660. The fourth-order valence-corrected chi connectivity index (χ4v) is 44.1. The molecule has 0 aliphatic rings. The lowest BCUT2D eigenvalue weighted by Crippen LogP contribution is -2.38. The Hall–Kier alpha value is 2.56. The van der Waals surface area contributed by atoms with Crippen molar-refractivity contribution >= 4 is 109 Å². The number of rotatable bonds is 3. The summed E-state index contributed by atoms with van der Waals surface area (Å²) < 4.78 is 5.77. The van der Waals surface area contributed by atoms with Crippen LogP contribution in [0, 0.1) is 0 Å². The summed E-state index contributed by atoms with van der Waals surface area (Å²) in [6.45, 7) is 0. The van der Waals surface area contributed by atoms with Crippen molar-refractivity contribution in [2.24, 2.45) is 0 Å². The summed E-state index contributed by atoms with van der Waals surface area (Å²) in [6.07, 6.45) is 0. The Bertz CT molecular complexity index is 86.5. The zero-order valence-electron chi connectivity index (χ0n) is 10.7. The van der Waals surface area contributed by atoms with Crippen molar-refractivity contribution in [3.8, 4) is 0 Å². The van der Waals surface area contributed by atoms with E-state index in [9.17, 15) is 0 Å². The van der Waals surface area contributed by atoms with Gasteiger partial charge < -0.3 is 4.12 Å². The quantitative estimate of drug-likeness (QED) is 0.430. The summed E-state index contributed by atoms with van der Waals surface area (Å²) in [5.74, 6) is 0. The fourth-order valence-electron chi connectivity index (χ4n) is 0.544. The molecule has 0 bridgehead atoms. The van der Waals surface area contributed by atoms with Crippen LogP contribution in [-0.2, 0) is 4.12 Å². The molecule has 0 atom stereocenters. The van der Waals surface area contributed by atoms with Crippen molar-refractivity contribution in [1.82, 2.24) is 0 Å². The first-order valence-corrected chi connectivity index (χ1v) is 46.0. The molecule has 0 aromatic rings. The molecule has 14 heavy (non-hydrogen) atoms. The van der Waals surface area contributed by atoms with Crippen LogP contribution in [0.25, 0.3) is 0 Å². The van der Waals surface area contributed by atoms with Crippen LogP contribution in [0.5, 0.6) is 0 Å². The van der Waals surface area contributed by atoms with Crippen molar-refractivity contribution in [2.45, 2.75) is 7.43 Å². The van der Waals surface area contributed by atoms with Crippen LogP contribution in [-0.4, -0.2) is 109 Å². The molecule has 0 saturated heterocycles. The highest BCUT2D eigenvalue weighted by molar-refractivity contribution is 7.76. The number of hydrogen-bond acceptors (Lipinski definition) is 1. The van der Waals surface area contributed by atoms with E-state index in [4.69, 9.17) is 4.12 Å². The predicted molar refractivity (Wildman–Crippen MR) is 116 cm³/mol. The first-order chi connectivity index (χ1) is 5.77. The lowest BCUT2D eigenvalue weighted by atomic mass is 12.0. The molecular weight excluding hydrogens is 365 g/mol. The highest BCUT2D eigenvalue weighted by Gasteiger charge is 1.99. The van der Waals surface area contributed by atoms with Crippen molar-refractivity contribution < 1.29 is 4.12 Å². The molecule has 0 fully saturated rings. The van der Waals surface area contributed by atoms with Crippen LogP contribution in [0.1, 0.15) is 7.43 Å². The molecule has 0 N–H and O–H groups in total. The second-order valence-electron chi connectivity index (χ2n) is 4.72. The molecule has 0 radical (unpaired) electrons. The third-order valence-corrected chi connectivity index (χ3v) is 123. The van der Waals surface area contributed by atoms with Crippen LogP contribution in [0.4, 0.5) is 0 Å². The van der Waals surface area contributed by atoms with E-state index >= 15 is 0 Å². The lowest BCUT2D eigenvalue weighted by Gasteiger charge is -2.08. The van der Waals surface area contributed by atoms with Crippen LogP contribution in [0.3, 0.4) is 0 Å². The van der Waals surface area contributed by atoms with E-state index in [1.54, 1.807) is 39.0 Å². The third-order valence-electron chi connectivity index (χ3n) is 1.88. The van der Waals surface area contributed by atoms with E-state index in [-0.39, 0.29) is 23.6 Å². The maximum Gasteiger partial charge on any atom is 0.117 e. The maximum absolute atomic E-state index is 5.77. The third kappa shape index (κ3) is 24.0. The minimum absolute atomic E-state index is 0.